The van der Waals surface area contributed by atoms with Crippen LogP contribution in [0.25, 0.3) is 0 Å². The molecule has 0 heterocycles. The van der Waals surface area contributed by atoms with E-state index in [1.54, 1.807) is 0 Å². The molecule has 5 heteroatoms. The fraction of sp³-hybridized carbons (Fsp3) is 0.600. The average Bonchev–Trinajstić information content (AvgIpc) is 2.47. The summed E-state index contributed by atoms with van der Waals surface area (Å²) in [5.41, 5.74) is 0.134. The van der Waals surface area contributed by atoms with E-state index < -0.39 is 11.6 Å². The Morgan fingerprint density at radius 2 is 1.90 bits per heavy atom. The molecule has 1 saturated carbocycles. The third-order valence-electron chi connectivity index (χ3n) is 3.96. The molecule has 0 spiro atoms. The molecule has 0 bridgehead atoms. The molecule has 1 aliphatic carbocycles. The summed E-state index contributed by atoms with van der Waals surface area (Å²) in [5.74, 6) is -0.505. The first-order valence-electron chi connectivity index (χ1n) is 7.06. The first-order valence-corrected chi connectivity index (χ1v) is 8.38. The molecule has 112 valence electrons. The van der Waals surface area contributed by atoms with Crippen LogP contribution >= 0.6 is 27.5 Å². The molecule has 0 atom stereocenters. The van der Waals surface area contributed by atoms with Gasteiger partial charge < -0.3 is 0 Å². The van der Waals surface area contributed by atoms with Gasteiger partial charge in [0, 0.05) is 30.6 Å². The molecule has 0 amide bonds. The Bertz CT molecular complexity index is 450. The minimum Gasteiger partial charge on any atom is -0.295 e. The Hall–Kier alpha value is -0.190. The molecule has 0 radical (unpaired) electrons. The predicted molar refractivity (Wildman–Crippen MR) is 82.1 cm³/mol. The van der Waals surface area contributed by atoms with Crippen molar-refractivity contribution in [3.05, 3.63) is 33.8 Å². The number of benzene rings is 1. The van der Waals surface area contributed by atoms with E-state index in [9.17, 15) is 8.78 Å². The first kappa shape index (κ1) is 16.2. The van der Waals surface area contributed by atoms with Gasteiger partial charge in [-0.3, -0.25) is 4.90 Å². The van der Waals surface area contributed by atoms with Crippen molar-refractivity contribution < 1.29 is 8.78 Å². The summed E-state index contributed by atoms with van der Waals surface area (Å²) in [4.78, 5) is 2.13. The molecule has 1 aromatic rings. The maximum atomic E-state index is 14.1. The lowest BCUT2D eigenvalue weighted by molar-refractivity contribution is 0.153. The summed E-state index contributed by atoms with van der Waals surface area (Å²) in [6.07, 6.45) is 5.81. The molecule has 0 N–H and O–H groups in total. The maximum absolute atomic E-state index is 14.1. The van der Waals surface area contributed by atoms with Crippen molar-refractivity contribution in [1.29, 1.82) is 0 Å². The zero-order valence-electron chi connectivity index (χ0n) is 11.3. The van der Waals surface area contributed by atoms with Crippen LogP contribution in [0.4, 0.5) is 8.78 Å². The molecule has 2 rings (SSSR count). The SMILES string of the molecule is Fc1ccc(Br)c(F)c1CN(CCCl)C1CCCCC1. The molecule has 20 heavy (non-hydrogen) atoms. The average molecular weight is 367 g/mol. The summed E-state index contributed by atoms with van der Waals surface area (Å²) in [5, 5.41) is 0. The molecule has 1 fully saturated rings. The molecular weight excluding hydrogens is 348 g/mol. The fourth-order valence-corrected chi connectivity index (χ4v) is 3.45. The number of alkyl halides is 1. The number of hydrogen-bond acceptors (Lipinski definition) is 1. The highest BCUT2D eigenvalue weighted by molar-refractivity contribution is 9.10. The minimum absolute atomic E-state index is 0.134. The van der Waals surface area contributed by atoms with Gasteiger partial charge in [-0.1, -0.05) is 19.3 Å². The standard InChI is InChI=1S/C15H19BrClF2N/c16-13-6-7-14(18)12(15(13)19)10-20(9-8-17)11-4-2-1-3-5-11/h6-7,11H,1-5,8-10H2. The summed E-state index contributed by atoms with van der Waals surface area (Å²) < 4.78 is 28.3. The van der Waals surface area contributed by atoms with Gasteiger partial charge in [0.05, 0.1) is 4.47 Å². The van der Waals surface area contributed by atoms with Gasteiger partial charge in [-0.05, 0) is 40.9 Å². The summed E-state index contributed by atoms with van der Waals surface area (Å²) >= 11 is 8.97. The molecular formula is C15H19BrClF2N. The summed E-state index contributed by atoms with van der Waals surface area (Å²) in [7, 11) is 0. The number of hydrogen-bond donors (Lipinski definition) is 0. The van der Waals surface area contributed by atoms with Crippen molar-refractivity contribution in [1.82, 2.24) is 4.90 Å². The molecule has 0 saturated heterocycles. The molecule has 0 unspecified atom stereocenters. The second kappa shape index (κ2) is 7.71. The monoisotopic (exact) mass is 365 g/mol. The van der Waals surface area contributed by atoms with Crippen LogP contribution in [0.15, 0.2) is 16.6 Å². The highest BCUT2D eigenvalue weighted by atomic mass is 79.9. The normalized spacial score (nSPS) is 16.9. The predicted octanol–water partition coefficient (Wildman–Crippen LogP) is 5.10. The topological polar surface area (TPSA) is 3.24 Å². The zero-order chi connectivity index (χ0) is 14.5. The highest BCUT2D eigenvalue weighted by Crippen LogP contribution is 2.27. The van der Waals surface area contributed by atoms with Gasteiger partial charge in [-0.2, -0.15) is 0 Å². The molecule has 1 aliphatic rings. The first-order chi connectivity index (χ1) is 9.63. The van der Waals surface area contributed by atoms with Crippen molar-refractivity contribution in [2.24, 2.45) is 0 Å². The lowest BCUT2D eigenvalue weighted by atomic mass is 9.94. The van der Waals surface area contributed by atoms with Crippen LogP contribution in [0.5, 0.6) is 0 Å². The minimum atomic E-state index is -0.500. The van der Waals surface area contributed by atoms with Crippen LogP contribution in [-0.2, 0) is 6.54 Å². The van der Waals surface area contributed by atoms with E-state index in [-0.39, 0.29) is 12.1 Å². The van der Waals surface area contributed by atoms with Crippen LogP contribution in [0.1, 0.15) is 37.7 Å². The van der Waals surface area contributed by atoms with Gasteiger partial charge >= 0.3 is 0 Å². The Morgan fingerprint density at radius 1 is 1.20 bits per heavy atom. The lowest BCUT2D eigenvalue weighted by Crippen LogP contribution is -2.38. The summed E-state index contributed by atoms with van der Waals surface area (Å²) in [6.45, 7) is 0.951. The number of halogens is 4. The van der Waals surface area contributed by atoms with Crippen molar-refractivity contribution in [3.63, 3.8) is 0 Å². The third kappa shape index (κ3) is 3.92. The van der Waals surface area contributed by atoms with Crippen molar-refractivity contribution in [2.45, 2.75) is 44.7 Å². The quantitative estimate of drug-likeness (QED) is 0.517. The largest absolute Gasteiger partial charge is 0.295 e. The Morgan fingerprint density at radius 3 is 2.55 bits per heavy atom. The molecule has 1 nitrogen and oxygen atoms in total. The zero-order valence-corrected chi connectivity index (χ0v) is 13.7. The second-order valence-electron chi connectivity index (χ2n) is 5.27. The number of nitrogens with zero attached hydrogens (tertiary/aromatic N) is 1. The second-order valence-corrected chi connectivity index (χ2v) is 6.51. The highest BCUT2D eigenvalue weighted by Gasteiger charge is 2.23. The van der Waals surface area contributed by atoms with Crippen LogP contribution in [0, 0.1) is 11.6 Å². The van der Waals surface area contributed by atoms with Crippen LogP contribution in [0.3, 0.4) is 0 Å². The summed E-state index contributed by atoms with van der Waals surface area (Å²) in [6, 6.07) is 3.10. The van der Waals surface area contributed by atoms with E-state index in [1.165, 1.54) is 31.4 Å². The Labute approximate surface area is 132 Å². The third-order valence-corrected chi connectivity index (χ3v) is 4.74. The van der Waals surface area contributed by atoms with Gasteiger partial charge in [-0.15, -0.1) is 11.6 Å². The van der Waals surface area contributed by atoms with Crippen molar-refractivity contribution >= 4 is 27.5 Å². The van der Waals surface area contributed by atoms with E-state index in [0.29, 0.717) is 22.9 Å². The van der Waals surface area contributed by atoms with E-state index in [2.05, 4.69) is 20.8 Å². The lowest BCUT2D eigenvalue weighted by Gasteiger charge is -2.34. The van der Waals surface area contributed by atoms with E-state index in [4.69, 9.17) is 11.6 Å². The van der Waals surface area contributed by atoms with Crippen molar-refractivity contribution in [2.75, 3.05) is 12.4 Å². The van der Waals surface area contributed by atoms with Crippen molar-refractivity contribution in [3.8, 4) is 0 Å². The van der Waals surface area contributed by atoms with Gasteiger partial charge in [-0.25, -0.2) is 8.78 Å². The molecule has 0 aliphatic heterocycles. The van der Waals surface area contributed by atoms with E-state index in [0.717, 1.165) is 12.8 Å². The van der Waals surface area contributed by atoms with Gasteiger partial charge in [0.1, 0.15) is 11.6 Å². The van der Waals surface area contributed by atoms with Gasteiger partial charge in [0.15, 0.2) is 0 Å². The van der Waals surface area contributed by atoms with Crippen LogP contribution in [0.2, 0.25) is 0 Å². The van der Waals surface area contributed by atoms with Crippen LogP contribution in [-0.4, -0.2) is 23.4 Å². The van der Waals surface area contributed by atoms with E-state index >= 15 is 0 Å². The molecule has 1 aromatic carbocycles. The maximum Gasteiger partial charge on any atom is 0.144 e. The van der Waals surface area contributed by atoms with E-state index in [1.807, 2.05) is 0 Å². The molecule has 0 aromatic heterocycles. The van der Waals surface area contributed by atoms with Gasteiger partial charge in [0.2, 0.25) is 0 Å². The van der Waals surface area contributed by atoms with Crippen LogP contribution < -0.4 is 0 Å². The Kier molecular flexibility index (Phi) is 6.24. The number of rotatable bonds is 5. The smallest absolute Gasteiger partial charge is 0.144 e. The van der Waals surface area contributed by atoms with Gasteiger partial charge in [0.25, 0.3) is 0 Å². The fourth-order valence-electron chi connectivity index (χ4n) is 2.86. The Balaban J connectivity index is 2.17.